The van der Waals surface area contributed by atoms with Crippen molar-refractivity contribution in [3.8, 4) is 0 Å². The Labute approximate surface area is 143 Å². The van der Waals surface area contributed by atoms with Crippen molar-refractivity contribution in [1.29, 1.82) is 0 Å². The van der Waals surface area contributed by atoms with E-state index in [1.807, 2.05) is 4.90 Å². The quantitative estimate of drug-likeness (QED) is 0.635. The Morgan fingerprint density at radius 3 is 2.29 bits per heavy atom. The van der Waals surface area contributed by atoms with E-state index in [1.54, 1.807) is 0 Å². The smallest absolute Gasteiger partial charge is 0.305 e. The minimum Gasteiger partial charge on any atom is -0.481 e. The van der Waals surface area contributed by atoms with Gasteiger partial charge in [-0.2, -0.15) is 0 Å². The number of nitrogens with zero attached hydrogens (tertiary/aromatic N) is 1. The number of carboxylic acids is 1. The first-order valence-corrected chi connectivity index (χ1v) is 8.98. The zero-order valence-electron chi connectivity index (χ0n) is 14.3. The molecule has 2 aliphatic heterocycles. The molecule has 24 heavy (non-hydrogen) atoms. The second-order valence-corrected chi connectivity index (χ2v) is 6.98. The van der Waals surface area contributed by atoms with Crippen LogP contribution in [0.1, 0.15) is 51.4 Å². The normalized spacial score (nSPS) is 19.9. The van der Waals surface area contributed by atoms with Crippen LogP contribution in [0.15, 0.2) is 0 Å². The highest BCUT2D eigenvalue weighted by Crippen LogP contribution is 2.39. The number of amides is 2. The van der Waals surface area contributed by atoms with Crippen molar-refractivity contribution in [2.24, 2.45) is 5.41 Å². The summed E-state index contributed by atoms with van der Waals surface area (Å²) < 4.78 is 0. The average molecular weight is 339 g/mol. The van der Waals surface area contributed by atoms with Crippen molar-refractivity contribution < 1.29 is 19.5 Å². The zero-order chi connectivity index (χ0) is 17.4. The molecule has 2 saturated heterocycles. The van der Waals surface area contributed by atoms with Gasteiger partial charge in [-0.05, 0) is 50.6 Å². The molecule has 3 N–H and O–H groups in total. The molecule has 0 saturated carbocycles. The summed E-state index contributed by atoms with van der Waals surface area (Å²) in [6, 6.07) is 0. The SMILES string of the molecule is O=C(O)CCNC(=O)CCCC(=O)N1CCC2(CCNCC2)CC1. The molecule has 0 aromatic heterocycles. The van der Waals surface area contributed by atoms with Crippen molar-refractivity contribution in [2.75, 3.05) is 32.7 Å². The third-order valence-electron chi connectivity index (χ3n) is 5.30. The number of aliphatic carboxylic acids is 1. The van der Waals surface area contributed by atoms with Crippen LogP contribution in [0.25, 0.3) is 0 Å². The molecule has 0 aromatic rings. The van der Waals surface area contributed by atoms with Gasteiger partial charge in [-0.25, -0.2) is 0 Å². The van der Waals surface area contributed by atoms with Gasteiger partial charge >= 0.3 is 5.97 Å². The summed E-state index contributed by atoms with van der Waals surface area (Å²) in [6.45, 7) is 3.99. The van der Waals surface area contributed by atoms with Crippen LogP contribution < -0.4 is 10.6 Å². The van der Waals surface area contributed by atoms with Crippen LogP contribution in [0.3, 0.4) is 0 Å². The molecular formula is C17H29N3O4. The van der Waals surface area contributed by atoms with E-state index in [1.165, 1.54) is 12.8 Å². The van der Waals surface area contributed by atoms with Gasteiger partial charge in [-0.15, -0.1) is 0 Å². The molecule has 2 heterocycles. The number of hydrogen-bond donors (Lipinski definition) is 3. The van der Waals surface area contributed by atoms with Gasteiger partial charge in [0.1, 0.15) is 0 Å². The summed E-state index contributed by atoms with van der Waals surface area (Å²) in [7, 11) is 0. The van der Waals surface area contributed by atoms with Gasteiger partial charge < -0.3 is 20.6 Å². The Balaban J connectivity index is 1.60. The van der Waals surface area contributed by atoms with Gasteiger partial charge in [-0.1, -0.05) is 0 Å². The lowest BCUT2D eigenvalue weighted by atomic mass is 9.71. The Morgan fingerprint density at radius 1 is 1.00 bits per heavy atom. The molecule has 2 rings (SSSR count). The largest absolute Gasteiger partial charge is 0.481 e. The molecule has 1 spiro atoms. The van der Waals surface area contributed by atoms with Crippen LogP contribution in [0.2, 0.25) is 0 Å². The number of rotatable bonds is 7. The maximum Gasteiger partial charge on any atom is 0.305 e. The van der Waals surface area contributed by atoms with Gasteiger partial charge in [0.25, 0.3) is 0 Å². The van der Waals surface area contributed by atoms with Crippen LogP contribution in [0, 0.1) is 5.41 Å². The van der Waals surface area contributed by atoms with Crippen molar-refractivity contribution >= 4 is 17.8 Å². The molecule has 0 unspecified atom stereocenters. The molecule has 0 bridgehead atoms. The van der Waals surface area contributed by atoms with Crippen LogP contribution >= 0.6 is 0 Å². The molecular weight excluding hydrogens is 310 g/mol. The maximum absolute atomic E-state index is 12.3. The van der Waals surface area contributed by atoms with Crippen LogP contribution in [-0.4, -0.2) is 60.5 Å². The number of nitrogens with one attached hydrogen (secondary N) is 2. The Kier molecular flexibility index (Phi) is 7.02. The van der Waals surface area contributed by atoms with E-state index in [0.29, 0.717) is 18.3 Å². The first-order valence-electron chi connectivity index (χ1n) is 8.98. The molecule has 0 radical (unpaired) electrons. The maximum atomic E-state index is 12.3. The number of carboxylic acid groups (broad SMARTS) is 1. The highest BCUT2D eigenvalue weighted by atomic mass is 16.4. The van der Waals surface area contributed by atoms with Crippen LogP contribution in [0.5, 0.6) is 0 Å². The van der Waals surface area contributed by atoms with Crippen molar-refractivity contribution in [2.45, 2.75) is 51.4 Å². The second-order valence-electron chi connectivity index (χ2n) is 6.98. The van der Waals surface area contributed by atoms with E-state index < -0.39 is 5.97 Å². The lowest BCUT2D eigenvalue weighted by Gasteiger charge is -2.44. The first kappa shape index (κ1) is 18.7. The minimum absolute atomic E-state index is 0.0737. The Bertz CT molecular complexity index is 451. The summed E-state index contributed by atoms with van der Waals surface area (Å²) in [6.07, 6.45) is 5.72. The zero-order valence-corrected chi connectivity index (χ0v) is 14.3. The van der Waals surface area contributed by atoms with E-state index in [9.17, 15) is 14.4 Å². The summed E-state index contributed by atoms with van der Waals surface area (Å²) in [4.78, 5) is 36.1. The monoisotopic (exact) mass is 339 g/mol. The number of hydrogen-bond acceptors (Lipinski definition) is 4. The molecule has 7 nitrogen and oxygen atoms in total. The summed E-state index contributed by atoms with van der Waals surface area (Å²) >= 11 is 0. The molecule has 0 aromatic carbocycles. The molecule has 0 aliphatic carbocycles. The third-order valence-corrected chi connectivity index (χ3v) is 5.30. The highest BCUT2D eigenvalue weighted by Gasteiger charge is 2.36. The molecule has 2 aliphatic rings. The van der Waals surface area contributed by atoms with E-state index in [2.05, 4.69) is 10.6 Å². The molecule has 2 fully saturated rings. The van der Waals surface area contributed by atoms with E-state index in [-0.39, 0.29) is 31.2 Å². The number of likely N-dealkylation sites (tertiary alicyclic amines) is 1. The fourth-order valence-electron chi connectivity index (χ4n) is 3.64. The number of carbonyl (C=O) groups excluding carboxylic acids is 2. The van der Waals surface area contributed by atoms with Gasteiger partial charge in [0, 0.05) is 32.5 Å². The van der Waals surface area contributed by atoms with Crippen LogP contribution in [-0.2, 0) is 14.4 Å². The van der Waals surface area contributed by atoms with Gasteiger partial charge in [0.15, 0.2) is 0 Å². The van der Waals surface area contributed by atoms with Gasteiger partial charge in [0.2, 0.25) is 11.8 Å². The predicted molar refractivity (Wildman–Crippen MR) is 89.5 cm³/mol. The number of carbonyl (C=O) groups is 3. The lowest BCUT2D eigenvalue weighted by molar-refractivity contribution is -0.137. The molecule has 7 heteroatoms. The molecule has 0 atom stereocenters. The van der Waals surface area contributed by atoms with Crippen molar-refractivity contribution in [3.63, 3.8) is 0 Å². The van der Waals surface area contributed by atoms with E-state index in [4.69, 9.17) is 5.11 Å². The van der Waals surface area contributed by atoms with Crippen molar-refractivity contribution in [1.82, 2.24) is 15.5 Å². The van der Waals surface area contributed by atoms with E-state index in [0.717, 1.165) is 39.0 Å². The van der Waals surface area contributed by atoms with Crippen LogP contribution in [0.4, 0.5) is 0 Å². The van der Waals surface area contributed by atoms with Gasteiger partial charge in [0.05, 0.1) is 6.42 Å². The summed E-state index contributed by atoms with van der Waals surface area (Å²) in [5, 5.41) is 14.5. The van der Waals surface area contributed by atoms with Gasteiger partial charge in [-0.3, -0.25) is 14.4 Å². The fraction of sp³-hybridized carbons (Fsp3) is 0.824. The standard InChI is InChI=1S/C17H29N3O4/c21-14(19-9-4-16(23)24)2-1-3-15(22)20-12-7-17(8-13-20)5-10-18-11-6-17/h18H,1-13H2,(H,19,21)(H,23,24). The Hall–Kier alpha value is -1.63. The first-order chi connectivity index (χ1) is 11.5. The predicted octanol–water partition coefficient (Wildman–Crippen LogP) is 0.740. The topological polar surface area (TPSA) is 98.7 Å². The summed E-state index contributed by atoms with van der Waals surface area (Å²) in [5.74, 6) is -0.976. The summed E-state index contributed by atoms with van der Waals surface area (Å²) in [5.41, 5.74) is 0.437. The number of piperidine rings is 2. The Morgan fingerprint density at radius 2 is 1.67 bits per heavy atom. The molecule has 136 valence electrons. The highest BCUT2D eigenvalue weighted by molar-refractivity contribution is 5.79. The third kappa shape index (κ3) is 5.78. The molecule has 2 amide bonds. The average Bonchev–Trinajstić information content (AvgIpc) is 2.56. The van der Waals surface area contributed by atoms with E-state index >= 15 is 0 Å². The van der Waals surface area contributed by atoms with Crippen molar-refractivity contribution in [3.05, 3.63) is 0 Å². The fourth-order valence-corrected chi connectivity index (χ4v) is 3.64. The lowest BCUT2D eigenvalue weighted by Crippen LogP contribution is -2.47. The second kappa shape index (κ2) is 9.01. The minimum atomic E-state index is -0.929.